The third-order valence-electron chi connectivity index (χ3n) is 4.66. The normalized spacial score (nSPS) is 11.3. The molecule has 1 N–H and O–H groups in total. The van der Waals surface area contributed by atoms with Crippen molar-refractivity contribution in [3.05, 3.63) is 106 Å². The molecule has 0 radical (unpaired) electrons. The van der Waals surface area contributed by atoms with E-state index < -0.39 is 0 Å². The van der Waals surface area contributed by atoms with Crippen molar-refractivity contribution in [3.8, 4) is 5.69 Å². The molecule has 0 aliphatic carbocycles. The number of nitrogens with one attached hydrogen (secondary N) is 1. The summed E-state index contributed by atoms with van der Waals surface area (Å²) < 4.78 is 1.52. The summed E-state index contributed by atoms with van der Waals surface area (Å²) in [6.07, 6.45) is 0. The number of hydrogen-bond donors (Lipinski definition) is 1. The minimum atomic E-state index is -0.212. The van der Waals surface area contributed by atoms with E-state index in [1.165, 1.54) is 10.2 Å². The molecule has 4 aromatic rings. The Morgan fingerprint density at radius 1 is 0.833 bits per heavy atom. The van der Waals surface area contributed by atoms with Gasteiger partial charge in [-0.1, -0.05) is 53.6 Å². The molecular weight excluding hydrogens is 392 g/mol. The molecular formula is C24H22N4OS. The van der Waals surface area contributed by atoms with Crippen molar-refractivity contribution in [2.45, 2.75) is 24.5 Å². The van der Waals surface area contributed by atoms with Gasteiger partial charge in [-0.3, -0.25) is 9.89 Å². The van der Waals surface area contributed by atoms with Gasteiger partial charge in [0.1, 0.15) is 0 Å². The standard InChI is InChI=1S/C24H22N4OS/c1-17-8-12-19(13-9-17)25-26-23-22(16-30-21-14-10-18(2)11-15-21)27-28(24(23)29)20-6-4-3-5-7-20/h3-15,27H,16H2,1-2H3. The average molecular weight is 415 g/mol. The Labute approximate surface area is 179 Å². The smallest absolute Gasteiger partial charge is 0.292 e. The molecule has 30 heavy (non-hydrogen) atoms. The van der Waals surface area contributed by atoms with Crippen LogP contribution in [0.15, 0.2) is 98.8 Å². The third-order valence-corrected chi connectivity index (χ3v) is 5.69. The Morgan fingerprint density at radius 3 is 2.13 bits per heavy atom. The molecule has 1 aromatic heterocycles. The van der Waals surface area contributed by atoms with Crippen molar-refractivity contribution >= 4 is 23.1 Å². The maximum Gasteiger partial charge on any atom is 0.299 e. The third kappa shape index (κ3) is 4.60. The molecule has 6 heteroatoms. The molecule has 0 bridgehead atoms. The first-order valence-corrected chi connectivity index (χ1v) is 10.7. The molecule has 0 amide bonds. The maximum atomic E-state index is 13.1. The Bertz CT molecular complexity index is 1210. The van der Waals surface area contributed by atoms with Crippen LogP contribution in [-0.2, 0) is 5.75 Å². The van der Waals surface area contributed by atoms with Gasteiger partial charge in [-0.25, -0.2) is 4.68 Å². The van der Waals surface area contributed by atoms with Gasteiger partial charge >= 0.3 is 0 Å². The molecule has 0 saturated carbocycles. The van der Waals surface area contributed by atoms with E-state index in [4.69, 9.17) is 0 Å². The summed E-state index contributed by atoms with van der Waals surface area (Å²) in [5.41, 5.74) is 4.71. The van der Waals surface area contributed by atoms with Gasteiger partial charge in [-0.2, -0.15) is 5.11 Å². The minimum absolute atomic E-state index is 0.212. The molecule has 4 rings (SSSR count). The van der Waals surface area contributed by atoms with Crippen molar-refractivity contribution in [3.63, 3.8) is 0 Å². The molecule has 0 atom stereocenters. The summed E-state index contributed by atoms with van der Waals surface area (Å²) in [4.78, 5) is 14.2. The van der Waals surface area contributed by atoms with Gasteiger partial charge in [0.2, 0.25) is 0 Å². The van der Waals surface area contributed by atoms with Crippen LogP contribution < -0.4 is 5.56 Å². The van der Waals surface area contributed by atoms with E-state index in [1.807, 2.05) is 61.5 Å². The second-order valence-electron chi connectivity index (χ2n) is 7.05. The lowest BCUT2D eigenvalue weighted by Crippen LogP contribution is -2.13. The van der Waals surface area contributed by atoms with E-state index in [9.17, 15) is 4.79 Å². The van der Waals surface area contributed by atoms with Crippen molar-refractivity contribution < 1.29 is 0 Å². The monoisotopic (exact) mass is 414 g/mol. The number of hydrogen-bond acceptors (Lipinski definition) is 4. The SMILES string of the molecule is Cc1ccc(N=Nc2c(CSc3ccc(C)cc3)[nH]n(-c3ccccc3)c2=O)cc1. The molecule has 0 saturated heterocycles. The van der Waals surface area contributed by atoms with Crippen LogP contribution in [0.5, 0.6) is 0 Å². The summed E-state index contributed by atoms with van der Waals surface area (Å²) >= 11 is 1.65. The number of aromatic amines is 1. The minimum Gasteiger partial charge on any atom is -0.292 e. The predicted molar refractivity (Wildman–Crippen MR) is 122 cm³/mol. The van der Waals surface area contributed by atoms with Crippen LogP contribution in [0.2, 0.25) is 0 Å². The fourth-order valence-corrected chi connectivity index (χ4v) is 3.79. The fraction of sp³-hybridized carbons (Fsp3) is 0.125. The van der Waals surface area contributed by atoms with Crippen molar-refractivity contribution in [1.82, 2.24) is 9.78 Å². The number of aryl methyl sites for hydroxylation is 2. The van der Waals surface area contributed by atoms with E-state index in [2.05, 4.69) is 46.5 Å². The summed E-state index contributed by atoms with van der Waals surface area (Å²) in [6, 6.07) is 25.5. The van der Waals surface area contributed by atoms with Crippen LogP contribution in [0.1, 0.15) is 16.8 Å². The Morgan fingerprint density at radius 2 is 1.47 bits per heavy atom. The molecule has 3 aromatic carbocycles. The van der Waals surface area contributed by atoms with Gasteiger partial charge in [0, 0.05) is 10.6 Å². The van der Waals surface area contributed by atoms with Crippen LogP contribution in [-0.4, -0.2) is 9.78 Å². The first-order valence-electron chi connectivity index (χ1n) is 9.67. The molecule has 0 aliphatic rings. The van der Waals surface area contributed by atoms with Crippen molar-refractivity contribution in [2.75, 3.05) is 0 Å². The zero-order chi connectivity index (χ0) is 20.9. The Kier molecular flexibility index (Phi) is 5.95. The molecule has 1 heterocycles. The van der Waals surface area contributed by atoms with Gasteiger partial charge in [-0.15, -0.1) is 16.9 Å². The number of aromatic nitrogens is 2. The number of nitrogens with zero attached hydrogens (tertiary/aromatic N) is 3. The molecule has 0 fully saturated rings. The van der Waals surface area contributed by atoms with E-state index in [0.717, 1.165) is 21.8 Å². The van der Waals surface area contributed by atoms with Crippen molar-refractivity contribution in [1.29, 1.82) is 0 Å². The first-order chi connectivity index (χ1) is 14.6. The lowest BCUT2D eigenvalue weighted by atomic mass is 10.2. The van der Waals surface area contributed by atoms with E-state index in [-0.39, 0.29) is 5.56 Å². The lowest BCUT2D eigenvalue weighted by molar-refractivity contribution is 0.833. The summed E-state index contributed by atoms with van der Waals surface area (Å²) in [6.45, 7) is 4.08. The van der Waals surface area contributed by atoms with Crippen LogP contribution in [0, 0.1) is 13.8 Å². The summed E-state index contributed by atoms with van der Waals surface area (Å²) in [5.74, 6) is 0.584. The van der Waals surface area contributed by atoms with E-state index in [0.29, 0.717) is 17.1 Å². The second kappa shape index (κ2) is 8.97. The highest BCUT2D eigenvalue weighted by Crippen LogP contribution is 2.27. The highest BCUT2D eigenvalue weighted by molar-refractivity contribution is 7.98. The molecule has 5 nitrogen and oxygen atoms in total. The number of azo groups is 1. The average Bonchev–Trinajstić information content (AvgIpc) is 3.09. The number of benzene rings is 3. The number of thioether (sulfide) groups is 1. The number of para-hydroxylation sites is 1. The predicted octanol–water partition coefficient (Wildman–Crippen LogP) is 6.49. The summed E-state index contributed by atoms with van der Waals surface area (Å²) in [5, 5.41) is 11.8. The van der Waals surface area contributed by atoms with Gasteiger partial charge in [-0.05, 0) is 50.2 Å². The number of rotatable bonds is 6. The van der Waals surface area contributed by atoms with Gasteiger partial charge in [0.05, 0.1) is 17.1 Å². The van der Waals surface area contributed by atoms with Crippen LogP contribution >= 0.6 is 11.8 Å². The first kappa shape index (κ1) is 19.9. The lowest BCUT2D eigenvalue weighted by Gasteiger charge is -2.02. The topological polar surface area (TPSA) is 62.5 Å². The van der Waals surface area contributed by atoms with E-state index in [1.54, 1.807) is 11.8 Å². The van der Waals surface area contributed by atoms with Crippen LogP contribution in [0.3, 0.4) is 0 Å². The zero-order valence-electron chi connectivity index (χ0n) is 16.9. The van der Waals surface area contributed by atoms with Crippen LogP contribution in [0.25, 0.3) is 5.69 Å². The summed E-state index contributed by atoms with van der Waals surface area (Å²) in [7, 11) is 0. The van der Waals surface area contributed by atoms with Crippen LogP contribution in [0.4, 0.5) is 11.4 Å². The van der Waals surface area contributed by atoms with Gasteiger partial charge in [0.15, 0.2) is 5.69 Å². The quantitative estimate of drug-likeness (QED) is 0.289. The number of H-pyrrole nitrogens is 1. The Hall–Kier alpha value is -3.38. The van der Waals surface area contributed by atoms with Gasteiger partial charge < -0.3 is 0 Å². The molecule has 0 unspecified atom stereocenters. The fourth-order valence-electron chi connectivity index (χ4n) is 2.95. The second-order valence-corrected chi connectivity index (χ2v) is 8.10. The molecule has 0 spiro atoms. The van der Waals surface area contributed by atoms with Crippen molar-refractivity contribution in [2.24, 2.45) is 10.2 Å². The Balaban J connectivity index is 1.68. The largest absolute Gasteiger partial charge is 0.299 e. The highest BCUT2D eigenvalue weighted by atomic mass is 32.2. The molecule has 0 aliphatic heterocycles. The highest BCUT2D eigenvalue weighted by Gasteiger charge is 2.15. The van der Waals surface area contributed by atoms with E-state index >= 15 is 0 Å². The van der Waals surface area contributed by atoms with Gasteiger partial charge in [0.25, 0.3) is 5.56 Å². The maximum absolute atomic E-state index is 13.1. The molecule has 150 valence electrons. The zero-order valence-corrected chi connectivity index (χ0v) is 17.7.